The Hall–Kier alpha value is -2.16. The number of nitrogens with two attached hydrogens (primary N) is 1. The summed E-state index contributed by atoms with van der Waals surface area (Å²) < 4.78 is 0. The van der Waals surface area contributed by atoms with E-state index in [-0.39, 0.29) is 5.92 Å². The fourth-order valence-electron chi connectivity index (χ4n) is 3.18. The number of carbonyl (C=O) groups excluding carboxylic acids is 1. The Bertz CT molecular complexity index is 869. The third-order valence-electron chi connectivity index (χ3n) is 5.85. The molecule has 0 saturated heterocycles. The third-order valence-corrected chi connectivity index (χ3v) is 6.22. The molecule has 35 heavy (non-hydrogen) atoms. The predicted octanol–water partition coefficient (Wildman–Crippen LogP) is 9.08. The molecule has 2 aromatic carbocycles. The van der Waals surface area contributed by atoms with Gasteiger partial charge in [-0.1, -0.05) is 105 Å². The van der Waals surface area contributed by atoms with Gasteiger partial charge in [0.2, 0.25) is 0 Å². The van der Waals surface area contributed by atoms with Crippen LogP contribution >= 0.6 is 11.6 Å². The molecule has 1 atom stereocenters. The Kier molecular flexibility index (Phi) is 18.8. The first-order valence-electron chi connectivity index (χ1n) is 13.0. The van der Waals surface area contributed by atoms with E-state index in [4.69, 9.17) is 17.3 Å². The van der Waals surface area contributed by atoms with Gasteiger partial charge in [0.15, 0.2) is 0 Å². The van der Waals surface area contributed by atoms with Crippen LogP contribution in [0.25, 0.3) is 0 Å². The van der Waals surface area contributed by atoms with Gasteiger partial charge in [0.05, 0.1) is 0 Å². The van der Waals surface area contributed by atoms with Crippen molar-refractivity contribution in [3.8, 4) is 0 Å². The Balaban J connectivity index is 0.000000566. The first kappa shape index (κ1) is 32.8. The molecule has 2 nitrogen and oxygen atoms in total. The van der Waals surface area contributed by atoms with Crippen LogP contribution in [0.2, 0.25) is 5.02 Å². The minimum Gasteiger partial charge on any atom is -0.327 e. The van der Waals surface area contributed by atoms with Crippen molar-refractivity contribution < 1.29 is 4.79 Å². The molecular weight excluding hydrogens is 450 g/mol. The number of ketones is 1. The molecule has 0 heterocycles. The maximum atomic E-state index is 12.0. The average molecular weight is 498 g/mol. The fourth-order valence-corrected chi connectivity index (χ4v) is 3.41. The van der Waals surface area contributed by atoms with E-state index in [1.807, 2.05) is 38.1 Å². The van der Waals surface area contributed by atoms with Crippen molar-refractivity contribution >= 4 is 17.4 Å². The van der Waals surface area contributed by atoms with Crippen LogP contribution in [0.1, 0.15) is 82.9 Å². The maximum Gasteiger partial charge on any atom is 0.136 e. The van der Waals surface area contributed by atoms with E-state index in [1.165, 1.54) is 29.5 Å². The van der Waals surface area contributed by atoms with E-state index in [1.54, 1.807) is 0 Å². The molecule has 0 aliphatic carbocycles. The van der Waals surface area contributed by atoms with Crippen LogP contribution in [-0.4, -0.2) is 12.3 Å². The summed E-state index contributed by atoms with van der Waals surface area (Å²) in [5, 5.41) is 0.750. The SMILES string of the molecule is C=C(C)CCC(C)C(=O)CCc1ccccc1Cl.C=C(CN)CCCC.CCc1ccc(C)cc1. The first-order chi connectivity index (χ1) is 16.6. The molecule has 3 heteroatoms. The molecule has 1 unspecified atom stereocenters. The number of halogens is 1. The van der Waals surface area contributed by atoms with E-state index >= 15 is 0 Å². The minimum absolute atomic E-state index is 0.115. The summed E-state index contributed by atoms with van der Waals surface area (Å²) in [7, 11) is 0. The van der Waals surface area contributed by atoms with Gasteiger partial charge in [-0.25, -0.2) is 0 Å². The van der Waals surface area contributed by atoms with Crippen LogP contribution in [0.5, 0.6) is 0 Å². The lowest BCUT2D eigenvalue weighted by atomic mass is 9.94. The number of hydrogen-bond donors (Lipinski definition) is 1. The molecule has 0 aliphatic rings. The highest BCUT2D eigenvalue weighted by Gasteiger charge is 2.13. The zero-order chi connectivity index (χ0) is 26.6. The Labute approximate surface area is 220 Å². The summed E-state index contributed by atoms with van der Waals surface area (Å²) in [5.74, 6) is 0.431. The third kappa shape index (κ3) is 17.0. The Morgan fingerprint density at radius 1 is 1.00 bits per heavy atom. The van der Waals surface area contributed by atoms with Crippen LogP contribution in [0, 0.1) is 12.8 Å². The van der Waals surface area contributed by atoms with E-state index in [9.17, 15) is 4.79 Å². The number of allylic oxidation sites excluding steroid dienone is 1. The van der Waals surface area contributed by atoms with Gasteiger partial charge in [-0.15, -0.1) is 6.58 Å². The molecule has 0 fully saturated rings. The lowest BCUT2D eigenvalue weighted by molar-refractivity contribution is -0.122. The van der Waals surface area contributed by atoms with Gasteiger partial charge >= 0.3 is 0 Å². The largest absolute Gasteiger partial charge is 0.327 e. The topological polar surface area (TPSA) is 43.1 Å². The molecule has 0 amide bonds. The summed E-state index contributed by atoms with van der Waals surface area (Å²) >= 11 is 6.07. The summed E-state index contributed by atoms with van der Waals surface area (Å²) in [4.78, 5) is 12.0. The summed E-state index contributed by atoms with van der Waals surface area (Å²) in [6, 6.07) is 16.4. The monoisotopic (exact) mass is 497 g/mol. The maximum absolute atomic E-state index is 12.0. The molecule has 0 saturated carbocycles. The molecule has 0 aromatic heterocycles. The van der Waals surface area contributed by atoms with Crippen LogP contribution in [0.4, 0.5) is 0 Å². The minimum atomic E-state index is 0.115. The summed E-state index contributed by atoms with van der Waals surface area (Å²) in [5.41, 5.74) is 11.4. The quantitative estimate of drug-likeness (QED) is 0.297. The van der Waals surface area contributed by atoms with Crippen molar-refractivity contribution in [1.82, 2.24) is 0 Å². The molecular formula is C32H48ClNO. The van der Waals surface area contributed by atoms with Crippen LogP contribution in [-0.2, 0) is 17.6 Å². The first-order valence-corrected chi connectivity index (χ1v) is 13.3. The molecule has 0 radical (unpaired) electrons. The van der Waals surface area contributed by atoms with Crippen molar-refractivity contribution in [2.45, 2.75) is 86.0 Å². The van der Waals surface area contributed by atoms with E-state index in [2.05, 4.69) is 58.2 Å². The second-order valence-corrected chi connectivity index (χ2v) is 9.76. The van der Waals surface area contributed by atoms with Gasteiger partial charge in [0, 0.05) is 23.9 Å². The van der Waals surface area contributed by atoms with Crippen molar-refractivity contribution in [3.05, 3.63) is 94.5 Å². The van der Waals surface area contributed by atoms with Crippen LogP contribution in [0.15, 0.2) is 72.8 Å². The number of Topliss-reactive ketones (excluding diaryl/α,β-unsaturated/α-hetero) is 1. The number of hydrogen-bond acceptors (Lipinski definition) is 2. The second kappa shape index (κ2) is 20.1. The molecule has 2 rings (SSSR count). The number of benzene rings is 2. The van der Waals surface area contributed by atoms with Crippen molar-refractivity contribution in [1.29, 1.82) is 0 Å². The summed E-state index contributed by atoms with van der Waals surface area (Å²) in [6.45, 7) is 18.8. The number of rotatable bonds is 12. The number of unbranched alkanes of at least 4 members (excludes halogenated alkanes) is 1. The molecule has 194 valence electrons. The Morgan fingerprint density at radius 3 is 2.14 bits per heavy atom. The highest BCUT2D eigenvalue weighted by Crippen LogP contribution is 2.19. The van der Waals surface area contributed by atoms with E-state index < -0.39 is 0 Å². The number of carbonyl (C=O) groups is 1. The molecule has 2 N–H and O–H groups in total. The standard InChI is InChI=1S/C16H21ClO.C9H12.C7H15N/c1-12(2)8-9-13(3)16(18)11-10-14-6-4-5-7-15(14)17;1-3-9-6-4-8(2)5-7-9;1-3-4-5-7(2)6-8/h4-7,13H,1,8-11H2,2-3H3;4-7H,3H2,1-2H3;2-6,8H2,1H3. The van der Waals surface area contributed by atoms with Gasteiger partial charge in [0.1, 0.15) is 5.78 Å². The van der Waals surface area contributed by atoms with Crippen molar-refractivity contribution in [2.75, 3.05) is 6.54 Å². The zero-order valence-corrected chi connectivity index (χ0v) is 23.6. The van der Waals surface area contributed by atoms with Gasteiger partial charge < -0.3 is 5.73 Å². The van der Waals surface area contributed by atoms with Crippen molar-refractivity contribution in [3.63, 3.8) is 0 Å². The zero-order valence-electron chi connectivity index (χ0n) is 22.8. The highest BCUT2D eigenvalue weighted by atomic mass is 35.5. The smallest absolute Gasteiger partial charge is 0.136 e. The molecule has 0 bridgehead atoms. The lowest BCUT2D eigenvalue weighted by Gasteiger charge is -2.10. The summed E-state index contributed by atoms with van der Waals surface area (Å²) in [6.07, 6.45) is 7.84. The number of aryl methyl sites for hydroxylation is 3. The van der Waals surface area contributed by atoms with E-state index in [0.717, 1.165) is 48.3 Å². The van der Waals surface area contributed by atoms with Gasteiger partial charge in [-0.3, -0.25) is 4.79 Å². The fraction of sp³-hybridized carbons (Fsp3) is 0.469. The molecule has 0 spiro atoms. The average Bonchev–Trinajstić information content (AvgIpc) is 2.86. The van der Waals surface area contributed by atoms with Crippen LogP contribution < -0.4 is 5.73 Å². The van der Waals surface area contributed by atoms with Gasteiger partial charge in [0.25, 0.3) is 0 Å². The van der Waals surface area contributed by atoms with Gasteiger partial charge in [-0.2, -0.15) is 0 Å². The highest BCUT2D eigenvalue weighted by molar-refractivity contribution is 6.31. The van der Waals surface area contributed by atoms with E-state index in [0.29, 0.717) is 18.7 Å². The predicted molar refractivity (Wildman–Crippen MR) is 156 cm³/mol. The van der Waals surface area contributed by atoms with Crippen LogP contribution in [0.3, 0.4) is 0 Å². The Morgan fingerprint density at radius 2 is 1.63 bits per heavy atom. The second-order valence-electron chi connectivity index (χ2n) is 9.35. The lowest BCUT2D eigenvalue weighted by Crippen LogP contribution is -2.12. The van der Waals surface area contributed by atoms with Gasteiger partial charge in [-0.05, 0) is 69.6 Å². The molecule has 2 aromatic rings. The normalized spacial score (nSPS) is 10.8. The van der Waals surface area contributed by atoms with Crippen molar-refractivity contribution in [2.24, 2.45) is 11.7 Å². The molecule has 0 aliphatic heterocycles.